The van der Waals surface area contributed by atoms with Crippen LogP contribution in [0.3, 0.4) is 0 Å². The Morgan fingerprint density at radius 1 is 1.19 bits per heavy atom. The third kappa shape index (κ3) is 9.25. The molecule has 0 radical (unpaired) electrons. The van der Waals surface area contributed by atoms with Gasteiger partial charge in [0.15, 0.2) is 5.96 Å². The molecule has 27 heavy (non-hydrogen) atoms. The first-order valence-electron chi connectivity index (χ1n) is 10.1. The molecule has 6 heteroatoms. The minimum Gasteiger partial charge on any atom is -0.379 e. The third-order valence-corrected chi connectivity index (χ3v) is 4.91. The number of guanidine groups is 1. The van der Waals surface area contributed by atoms with E-state index in [1.807, 2.05) is 7.05 Å². The Hall–Kier alpha value is -0.860. The second kappa shape index (κ2) is 14.2. The highest BCUT2D eigenvalue weighted by atomic mass is 127. The van der Waals surface area contributed by atoms with Gasteiger partial charge < -0.3 is 15.4 Å². The molecule has 1 heterocycles. The van der Waals surface area contributed by atoms with Crippen molar-refractivity contribution in [2.45, 2.75) is 58.7 Å². The highest BCUT2D eigenvalue weighted by molar-refractivity contribution is 14.0. The summed E-state index contributed by atoms with van der Waals surface area (Å²) in [4.78, 5) is 6.85. The molecule has 154 valence electrons. The molecule has 2 rings (SSSR count). The van der Waals surface area contributed by atoms with Crippen LogP contribution in [0, 0.1) is 0 Å². The summed E-state index contributed by atoms with van der Waals surface area (Å²) < 4.78 is 5.46. The van der Waals surface area contributed by atoms with Crippen molar-refractivity contribution in [2.75, 3.05) is 33.4 Å². The van der Waals surface area contributed by atoms with Crippen LogP contribution in [0.25, 0.3) is 0 Å². The summed E-state index contributed by atoms with van der Waals surface area (Å²) in [6.07, 6.45) is 5.01. The lowest BCUT2D eigenvalue weighted by atomic mass is 10.1. The quantitative estimate of drug-likeness (QED) is 0.241. The first kappa shape index (κ1) is 24.2. The van der Waals surface area contributed by atoms with E-state index < -0.39 is 0 Å². The van der Waals surface area contributed by atoms with Crippen molar-refractivity contribution in [1.82, 2.24) is 15.5 Å². The maximum Gasteiger partial charge on any atom is 0.191 e. The summed E-state index contributed by atoms with van der Waals surface area (Å²) in [6.45, 7) is 9.96. The van der Waals surface area contributed by atoms with Crippen LogP contribution in [0.2, 0.25) is 0 Å². The van der Waals surface area contributed by atoms with Gasteiger partial charge in [0.25, 0.3) is 0 Å². The topological polar surface area (TPSA) is 48.9 Å². The lowest BCUT2D eigenvalue weighted by Gasteiger charge is -2.27. The molecule has 0 saturated carbocycles. The fourth-order valence-corrected chi connectivity index (χ4v) is 3.26. The van der Waals surface area contributed by atoms with Crippen molar-refractivity contribution in [3.05, 3.63) is 35.4 Å². The number of halogens is 1. The van der Waals surface area contributed by atoms with Crippen LogP contribution in [0.15, 0.2) is 29.3 Å². The van der Waals surface area contributed by atoms with Crippen molar-refractivity contribution in [3.63, 3.8) is 0 Å². The smallest absolute Gasteiger partial charge is 0.191 e. The zero-order chi connectivity index (χ0) is 18.6. The average Bonchev–Trinajstić information content (AvgIpc) is 2.67. The zero-order valence-corrected chi connectivity index (χ0v) is 19.5. The molecule has 0 bridgehead atoms. The first-order chi connectivity index (χ1) is 12.7. The molecule has 2 N–H and O–H groups in total. The SMILES string of the molecule is CCCCCC(C)NC(=NC)NCc1ccccc1CN1CCOCC1.I. The molecule has 0 aromatic heterocycles. The van der Waals surface area contributed by atoms with Gasteiger partial charge in [-0.15, -0.1) is 24.0 Å². The van der Waals surface area contributed by atoms with Gasteiger partial charge >= 0.3 is 0 Å². The van der Waals surface area contributed by atoms with Crippen LogP contribution in [0.4, 0.5) is 0 Å². The molecule has 0 aliphatic carbocycles. The van der Waals surface area contributed by atoms with Crippen LogP contribution in [-0.2, 0) is 17.8 Å². The molecule has 1 unspecified atom stereocenters. The molecule has 0 spiro atoms. The summed E-state index contributed by atoms with van der Waals surface area (Å²) in [5.41, 5.74) is 2.72. The average molecular weight is 488 g/mol. The molecule has 1 saturated heterocycles. The molecular weight excluding hydrogens is 451 g/mol. The van der Waals surface area contributed by atoms with E-state index in [4.69, 9.17) is 4.74 Å². The molecule has 1 atom stereocenters. The lowest BCUT2D eigenvalue weighted by molar-refractivity contribution is 0.0341. The van der Waals surface area contributed by atoms with Crippen LogP contribution < -0.4 is 10.6 Å². The van der Waals surface area contributed by atoms with E-state index in [1.54, 1.807) is 0 Å². The van der Waals surface area contributed by atoms with E-state index in [1.165, 1.54) is 36.8 Å². The van der Waals surface area contributed by atoms with E-state index in [-0.39, 0.29) is 24.0 Å². The minimum atomic E-state index is 0. The van der Waals surface area contributed by atoms with Crippen LogP contribution >= 0.6 is 24.0 Å². The molecule has 1 fully saturated rings. The van der Waals surface area contributed by atoms with Crippen LogP contribution in [0.1, 0.15) is 50.7 Å². The Morgan fingerprint density at radius 3 is 2.56 bits per heavy atom. The number of ether oxygens (including phenoxy) is 1. The normalized spacial score (nSPS) is 16.5. The predicted octanol–water partition coefficient (Wildman–Crippen LogP) is 3.77. The van der Waals surface area contributed by atoms with Gasteiger partial charge in [-0.2, -0.15) is 0 Å². The van der Waals surface area contributed by atoms with Gasteiger partial charge in [0.05, 0.1) is 13.2 Å². The van der Waals surface area contributed by atoms with Gasteiger partial charge in [0.1, 0.15) is 0 Å². The van der Waals surface area contributed by atoms with Crippen molar-refractivity contribution < 1.29 is 4.74 Å². The number of hydrogen-bond acceptors (Lipinski definition) is 3. The standard InChI is InChI=1S/C21H36N4O.HI/c1-4-5-6-9-18(2)24-21(22-3)23-16-19-10-7-8-11-20(19)17-25-12-14-26-15-13-25;/h7-8,10-11,18H,4-6,9,12-17H2,1-3H3,(H2,22,23,24);1H. The highest BCUT2D eigenvalue weighted by Crippen LogP contribution is 2.13. The van der Waals surface area contributed by atoms with Gasteiger partial charge in [0.2, 0.25) is 0 Å². The zero-order valence-electron chi connectivity index (χ0n) is 17.2. The Balaban J connectivity index is 0.00000364. The summed E-state index contributed by atoms with van der Waals surface area (Å²) in [5, 5.41) is 6.99. The van der Waals surface area contributed by atoms with E-state index in [0.29, 0.717) is 6.04 Å². The first-order valence-corrected chi connectivity index (χ1v) is 10.1. The summed E-state index contributed by atoms with van der Waals surface area (Å²) >= 11 is 0. The number of morpholine rings is 1. The van der Waals surface area contributed by atoms with E-state index in [0.717, 1.165) is 45.4 Å². The van der Waals surface area contributed by atoms with Gasteiger partial charge in [-0.3, -0.25) is 9.89 Å². The van der Waals surface area contributed by atoms with Gasteiger partial charge in [-0.1, -0.05) is 50.5 Å². The van der Waals surface area contributed by atoms with Crippen molar-refractivity contribution in [3.8, 4) is 0 Å². The van der Waals surface area contributed by atoms with Crippen molar-refractivity contribution in [1.29, 1.82) is 0 Å². The van der Waals surface area contributed by atoms with E-state index in [2.05, 4.69) is 58.6 Å². The van der Waals surface area contributed by atoms with Gasteiger partial charge in [-0.05, 0) is 24.5 Å². The molecular formula is C21H37IN4O. The van der Waals surface area contributed by atoms with Gasteiger partial charge in [0, 0.05) is 39.3 Å². The molecule has 0 amide bonds. The fraction of sp³-hybridized carbons (Fsp3) is 0.667. The third-order valence-electron chi connectivity index (χ3n) is 4.91. The Labute approximate surface area is 182 Å². The summed E-state index contributed by atoms with van der Waals surface area (Å²) in [5.74, 6) is 0.884. The minimum absolute atomic E-state index is 0. The number of rotatable bonds is 9. The predicted molar refractivity (Wildman–Crippen MR) is 125 cm³/mol. The highest BCUT2D eigenvalue weighted by Gasteiger charge is 2.13. The number of hydrogen-bond donors (Lipinski definition) is 2. The second-order valence-electron chi connectivity index (χ2n) is 7.12. The Morgan fingerprint density at radius 2 is 1.89 bits per heavy atom. The van der Waals surface area contributed by atoms with Crippen LogP contribution in [-0.4, -0.2) is 50.3 Å². The molecule has 1 aliphatic heterocycles. The van der Waals surface area contributed by atoms with Crippen molar-refractivity contribution >= 4 is 29.9 Å². The van der Waals surface area contributed by atoms with Crippen molar-refractivity contribution in [2.24, 2.45) is 4.99 Å². The fourth-order valence-electron chi connectivity index (χ4n) is 3.26. The largest absolute Gasteiger partial charge is 0.379 e. The van der Waals surface area contributed by atoms with E-state index >= 15 is 0 Å². The Kier molecular flexibility index (Phi) is 12.7. The summed E-state index contributed by atoms with van der Waals surface area (Å²) in [7, 11) is 1.84. The molecule has 5 nitrogen and oxygen atoms in total. The van der Waals surface area contributed by atoms with E-state index in [9.17, 15) is 0 Å². The second-order valence-corrected chi connectivity index (χ2v) is 7.12. The maximum atomic E-state index is 5.46. The number of benzene rings is 1. The number of aliphatic imine (C=N–C) groups is 1. The number of nitrogens with zero attached hydrogens (tertiary/aromatic N) is 2. The lowest BCUT2D eigenvalue weighted by Crippen LogP contribution is -2.42. The number of unbranched alkanes of at least 4 members (excludes halogenated alkanes) is 2. The molecule has 1 aliphatic rings. The van der Waals surface area contributed by atoms with Gasteiger partial charge in [-0.25, -0.2) is 0 Å². The number of nitrogens with one attached hydrogen (secondary N) is 2. The maximum absolute atomic E-state index is 5.46. The monoisotopic (exact) mass is 488 g/mol. The molecule has 1 aromatic carbocycles. The summed E-state index contributed by atoms with van der Waals surface area (Å²) in [6, 6.07) is 9.12. The van der Waals surface area contributed by atoms with Crippen LogP contribution in [0.5, 0.6) is 0 Å². The molecule has 1 aromatic rings. The Bertz CT molecular complexity index is 547.